The summed E-state index contributed by atoms with van der Waals surface area (Å²) in [5.41, 5.74) is 0. The van der Waals surface area contributed by atoms with Gasteiger partial charge in [-0.3, -0.25) is 4.79 Å². The first-order valence-corrected chi connectivity index (χ1v) is 8.84. The van der Waals surface area contributed by atoms with Crippen molar-refractivity contribution in [3.63, 3.8) is 0 Å². The molecule has 19 heavy (non-hydrogen) atoms. The number of hydrogen-bond donors (Lipinski definition) is 1. The molecule has 0 saturated heterocycles. The van der Waals surface area contributed by atoms with E-state index < -0.39 is 10.0 Å². The lowest BCUT2D eigenvalue weighted by atomic mass is 10.1. The molecule has 0 fully saturated rings. The molecule has 0 aliphatic carbocycles. The molecule has 1 N–H and O–H groups in total. The zero-order chi connectivity index (χ0) is 14.9. The molecule has 0 heterocycles. The normalized spacial score (nSPS) is 12.1. The zero-order valence-corrected chi connectivity index (χ0v) is 13.4. The van der Waals surface area contributed by atoms with Crippen LogP contribution in [0.2, 0.25) is 0 Å². The van der Waals surface area contributed by atoms with E-state index in [1.54, 1.807) is 0 Å². The molecule has 0 unspecified atom stereocenters. The average Bonchev–Trinajstić information content (AvgIpc) is 2.26. The maximum absolute atomic E-state index is 11.7. The fourth-order valence-corrected chi connectivity index (χ4v) is 2.43. The second-order valence-corrected chi connectivity index (χ2v) is 7.32. The number of nitrogens with zero attached hydrogens (tertiary/aromatic N) is 1. The summed E-state index contributed by atoms with van der Waals surface area (Å²) in [6, 6.07) is 0. The lowest BCUT2D eigenvalue weighted by molar-refractivity contribution is -0.121. The summed E-state index contributed by atoms with van der Waals surface area (Å²) < 4.78 is 24.4. The average molecular weight is 292 g/mol. The van der Waals surface area contributed by atoms with Crippen molar-refractivity contribution in [2.75, 3.05) is 25.9 Å². The maximum Gasteiger partial charge on any atom is 0.235 e. The second kappa shape index (κ2) is 9.31. The minimum Gasteiger partial charge on any atom is -0.355 e. The molecule has 0 saturated carbocycles. The van der Waals surface area contributed by atoms with Gasteiger partial charge in [-0.2, -0.15) is 4.31 Å². The molecule has 0 spiro atoms. The van der Waals surface area contributed by atoms with Crippen LogP contribution in [0.5, 0.6) is 0 Å². The van der Waals surface area contributed by atoms with Crippen molar-refractivity contribution in [2.45, 2.75) is 46.5 Å². The highest BCUT2D eigenvalue weighted by atomic mass is 32.2. The van der Waals surface area contributed by atoms with Crippen LogP contribution in [0, 0.1) is 5.92 Å². The lowest BCUT2D eigenvalue weighted by Gasteiger charge is -2.19. The van der Waals surface area contributed by atoms with Crippen LogP contribution in [0.3, 0.4) is 0 Å². The Morgan fingerprint density at radius 3 is 2.37 bits per heavy atom. The predicted molar refractivity (Wildman–Crippen MR) is 78.4 cm³/mol. The predicted octanol–water partition coefficient (Wildman–Crippen LogP) is 1.60. The van der Waals surface area contributed by atoms with Gasteiger partial charge in [-0.15, -0.1) is 0 Å². The Morgan fingerprint density at radius 1 is 1.26 bits per heavy atom. The SMILES string of the molecule is CCCCCN(CC(=O)NCCC(C)C)S(C)(=O)=O. The first-order chi connectivity index (χ1) is 8.77. The summed E-state index contributed by atoms with van der Waals surface area (Å²) in [5.74, 6) is 0.304. The monoisotopic (exact) mass is 292 g/mol. The van der Waals surface area contributed by atoms with Crippen LogP contribution in [-0.4, -0.2) is 44.5 Å². The summed E-state index contributed by atoms with van der Waals surface area (Å²) in [5, 5.41) is 2.76. The van der Waals surface area contributed by atoms with E-state index in [0.717, 1.165) is 31.9 Å². The van der Waals surface area contributed by atoms with E-state index in [9.17, 15) is 13.2 Å². The summed E-state index contributed by atoms with van der Waals surface area (Å²) in [7, 11) is -3.31. The molecule has 1 amide bonds. The number of nitrogens with one attached hydrogen (secondary N) is 1. The minimum absolute atomic E-state index is 0.0688. The molecule has 0 radical (unpaired) electrons. The van der Waals surface area contributed by atoms with Crippen molar-refractivity contribution in [3.05, 3.63) is 0 Å². The zero-order valence-electron chi connectivity index (χ0n) is 12.6. The summed E-state index contributed by atoms with van der Waals surface area (Å²) in [6.07, 6.45) is 4.85. The summed E-state index contributed by atoms with van der Waals surface area (Å²) in [6.45, 7) is 7.18. The van der Waals surface area contributed by atoms with Gasteiger partial charge in [0, 0.05) is 13.1 Å². The topological polar surface area (TPSA) is 66.5 Å². The van der Waals surface area contributed by atoms with Gasteiger partial charge in [-0.25, -0.2) is 8.42 Å². The molecular weight excluding hydrogens is 264 g/mol. The molecule has 0 aliphatic rings. The molecule has 5 nitrogen and oxygen atoms in total. The summed E-state index contributed by atoms with van der Waals surface area (Å²) >= 11 is 0. The van der Waals surface area contributed by atoms with Gasteiger partial charge in [0.15, 0.2) is 0 Å². The Bertz CT molecular complexity index is 353. The molecule has 0 rings (SSSR count). The first kappa shape index (κ1) is 18.4. The van der Waals surface area contributed by atoms with E-state index in [1.165, 1.54) is 4.31 Å². The molecule has 0 aromatic carbocycles. The van der Waals surface area contributed by atoms with E-state index >= 15 is 0 Å². The quantitative estimate of drug-likeness (QED) is 0.622. The number of carbonyl (C=O) groups is 1. The number of rotatable bonds is 10. The minimum atomic E-state index is -3.31. The van der Waals surface area contributed by atoms with Crippen LogP contribution in [0.1, 0.15) is 46.5 Å². The number of sulfonamides is 1. The third kappa shape index (κ3) is 9.90. The van der Waals surface area contributed by atoms with E-state index in [0.29, 0.717) is 19.0 Å². The van der Waals surface area contributed by atoms with E-state index in [2.05, 4.69) is 26.1 Å². The Hall–Kier alpha value is -0.620. The molecule has 114 valence electrons. The molecule has 0 atom stereocenters. The van der Waals surface area contributed by atoms with E-state index in [1.807, 2.05) is 0 Å². The van der Waals surface area contributed by atoms with Gasteiger partial charge in [0.1, 0.15) is 0 Å². The highest BCUT2D eigenvalue weighted by Crippen LogP contribution is 2.03. The van der Waals surface area contributed by atoms with Crippen LogP contribution in [0.4, 0.5) is 0 Å². The van der Waals surface area contributed by atoms with Gasteiger partial charge in [-0.05, 0) is 18.8 Å². The Labute approximate surface area is 117 Å². The van der Waals surface area contributed by atoms with Crippen LogP contribution < -0.4 is 5.32 Å². The smallest absolute Gasteiger partial charge is 0.235 e. The maximum atomic E-state index is 11.7. The highest BCUT2D eigenvalue weighted by molar-refractivity contribution is 7.88. The van der Waals surface area contributed by atoms with Crippen molar-refractivity contribution in [1.82, 2.24) is 9.62 Å². The molecule has 0 aliphatic heterocycles. The highest BCUT2D eigenvalue weighted by Gasteiger charge is 2.19. The van der Waals surface area contributed by atoms with Gasteiger partial charge in [0.05, 0.1) is 12.8 Å². The van der Waals surface area contributed by atoms with Crippen molar-refractivity contribution in [3.8, 4) is 0 Å². The Kier molecular flexibility index (Phi) is 9.01. The third-order valence-electron chi connectivity index (χ3n) is 2.84. The second-order valence-electron chi connectivity index (χ2n) is 5.34. The fourth-order valence-electron chi connectivity index (χ4n) is 1.62. The molecule has 6 heteroatoms. The molecule has 0 aromatic heterocycles. The molecule has 0 aromatic rings. The van der Waals surface area contributed by atoms with Gasteiger partial charge < -0.3 is 5.32 Å². The Morgan fingerprint density at radius 2 is 1.89 bits per heavy atom. The van der Waals surface area contributed by atoms with Crippen molar-refractivity contribution < 1.29 is 13.2 Å². The van der Waals surface area contributed by atoms with E-state index in [-0.39, 0.29) is 12.5 Å². The number of carbonyl (C=O) groups excluding carboxylic acids is 1. The molecule has 0 bridgehead atoms. The van der Waals surface area contributed by atoms with Gasteiger partial charge in [0.2, 0.25) is 15.9 Å². The van der Waals surface area contributed by atoms with Crippen molar-refractivity contribution in [2.24, 2.45) is 5.92 Å². The van der Waals surface area contributed by atoms with Crippen molar-refractivity contribution >= 4 is 15.9 Å². The van der Waals surface area contributed by atoms with Crippen LogP contribution >= 0.6 is 0 Å². The van der Waals surface area contributed by atoms with Gasteiger partial charge >= 0.3 is 0 Å². The number of hydrogen-bond acceptors (Lipinski definition) is 3. The van der Waals surface area contributed by atoms with Crippen molar-refractivity contribution in [1.29, 1.82) is 0 Å². The first-order valence-electron chi connectivity index (χ1n) is 6.99. The lowest BCUT2D eigenvalue weighted by Crippen LogP contribution is -2.41. The van der Waals surface area contributed by atoms with E-state index in [4.69, 9.17) is 0 Å². The number of amides is 1. The van der Waals surface area contributed by atoms with Gasteiger partial charge in [0.25, 0.3) is 0 Å². The van der Waals surface area contributed by atoms with Gasteiger partial charge in [-0.1, -0.05) is 33.6 Å². The van der Waals surface area contributed by atoms with Crippen LogP contribution in [-0.2, 0) is 14.8 Å². The van der Waals surface area contributed by atoms with Crippen LogP contribution in [0.25, 0.3) is 0 Å². The fraction of sp³-hybridized carbons (Fsp3) is 0.923. The largest absolute Gasteiger partial charge is 0.355 e. The Balaban J connectivity index is 4.20. The third-order valence-corrected chi connectivity index (χ3v) is 4.09. The molecular formula is C13H28N2O3S. The standard InChI is InChI=1S/C13H28N2O3S/c1-5-6-7-10-15(19(4,17)18)11-13(16)14-9-8-12(2)3/h12H,5-11H2,1-4H3,(H,14,16). The summed E-state index contributed by atoms with van der Waals surface area (Å²) in [4.78, 5) is 11.7. The number of unbranched alkanes of at least 4 members (excludes halogenated alkanes) is 2. The van der Waals surface area contributed by atoms with Crippen LogP contribution in [0.15, 0.2) is 0 Å².